The molecule has 0 saturated carbocycles. The third-order valence-corrected chi connectivity index (χ3v) is 1.32. The maximum atomic E-state index is 10.4. The van der Waals surface area contributed by atoms with Crippen LogP contribution in [-0.2, 0) is 4.74 Å². The van der Waals surface area contributed by atoms with Gasteiger partial charge in [0.25, 0.3) is 0 Å². The summed E-state index contributed by atoms with van der Waals surface area (Å²) in [4.78, 5) is 10.4. The van der Waals surface area contributed by atoms with E-state index in [9.17, 15) is 4.79 Å². The smallest absolute Gasteiger partial charge is 0.407 e. The van der Waals surface area contributed by atoms with Crippen LogP contribution in [0.15, 0.2) is 5.16 Å². The average molecular weight is 159 g/mol. The zero-order valence-corrected chi connectivity index (χ0v) is 5.78. The van der Waals surface area contributed by atoms with Gasteiger partial charge in [-0.3, -0.25) is 0 Å². The summed E-state index contributed by atoms with van der Waals surface area (Å²) in [6.07, 6.45) is -0.150. The fraction of sp³-hybridized carbons (Fsp3) is 0.600. The van der Waals surface area contributed by atoms with Crippen molar-refractivity contribution in [1.82, 2.24) is 5.32 Å². The second kappa shape index (κ2) is 3.09. The summed E-state index contributed by atoms with van der Waals surface area (Å²) in [7, 11) is 0. The Labute approximate surface area is 63.0 Å². The molecule has 1 rings (SSSR count). The van der Waals surface area contributed by atoms with Crippen molar-refractivity contribution in [1.29, 1.82) is 0 Å². The Morgan fingerprint density at radius 3 is 3.18 bits per heavy atom. The van der Waals surface area contributed by atoms with Crippen molar-refractivity contribution < 1.29 is 14.7 Å². The number of amidine groups is 1. The summed E-state index contributed by atoms with van der Waals surface area (Å²) in [6, 6.07) is -0.168. The van der Waals surface area contributed by atoms with Crippen molar-refractivity contribution in [2.45, 2.75) is 12.5 Å². The van der Waals surface area contributed by atoms with E-state index in [1.54, 1.807) is 0 Å². The Hall–Kier alpha value is -1.46. The lowest BCUT2D eigenvalue weighted by molar-refractivity contribution is 0.177. The van der Waals surface area contributed by atoms with E-state index in [1.165, 1.54) is 0 Å². The number of nitrogens with two attached hydrogens (primary N) is 1. The van der Waals surface area contributed by atoms with E-state index in [2.05, 4.69) is 15.2 Å². The highest BCUT2D eigenvalue weighted by atomic mass is 16.6. The molecule has 1 heterocycles. The third-order valence-electron chi connectivity index (χ3n) is 1.32. The van der Waals surface area contributed by atoms with Gasteiger partial charge in [-0.1, -0.05) is 5.16 Å². The largest absolute Gasteiger partial charge is 0.447 e. The lowest BCUT2D eigenvalue weighted by Gasteiger charge is -2.03. The molecule has 1 fully saturated rings. The molecule has 1 aliphatic heterocycles. The van der Waals surface area contributed by atoms with E-state index in [4.69, 9.17) is 10.9 Å². The highest BCUT2D eigenvalue weighted by Gasteiger charge is 2.22. The summed E-state index contributed by atoms with van der Waals surface area (Å²) >= 11 is 0. The number of amides is 1. The topological polar surface area (TPSA) is 96.9 Å². The van der Waals surface area contributed by atoms with Crippen LogP contribution in [0.3, 0.4) is 0 Å². The van der Waals surface area contributed by atoms with E-state index in [0.29, 0.717) is 6.42 Å². The number of oxime groups is 1. The lowest BCUT2D eigenvalue weighted by Crippen LogP contribution is -2.31. The van der Waals surface area contributed by atoms with E-state index >= 15 is 0 Å². The number of carbonyl (C=O) groups is 1. The molecule has 1 saturated heterocycles. The van der Waals surface area contributed by atoms with Gasteiger partial charge in [-0.05, 0) is 0 Å². The molecule has 0 aliphatic carbocycles. The van der Waals surface area contributed by atoms with Gasteiger partial charge in [0.2, 0.25) is 0 Å². The summed E-state index contributed by atoms with van der Waals surface area (Å²) in [5, 5.41) is 13.4. The van der Waals surface area contributed by atoms with Gasteiger partial charge in [0.15, 0.2) is 0 Å². The number of nitrogens with zero attached hydrogens (tertiary/aromatic N) is 1. The standard InChI is InChI=1S/C5H9N3O3/c6-4(8-10)1-3-2-11-5(9)7-3/h3,10H,1-2H2,(H2,6,8)(H,7,9). The normalized spacial score (nSPS) is 24.5. The fourth-order valence-corrected chi connectivity index (χ4v) is 0.830. The number of hydrogen-bond donors (Lipinski definition) is 3. The van der Waals surface area contributed by atoms with Crippen molar-refractivity contribution >= 4 is 11.9 Å². The van der Waals surface area contributed by atoms with Gasteiger partial charge in [0.1, 0.15) is 12.4 Å². The van der Waals surface area contributed by atoms with Crippen LogP contribution in [0.25, 0.3) is 0 Å². The van der Waals surface area contributed by atoms with Crippen LogP contribution in [0.2, 0.25) is 0 Å². The molecular formula is C5H9N3O3. The number of alkyl carbamates (subject to hydrolysis) is 1. The number of carbonyl (C=O) groups excluding carboxylic acids is 1. The number of nitrogens with one attached hydrogen (secondary N) is 1. The highest BCUT2D eigenvalue weighted by molar-refractivity contribution is 5.81. The summed E-state index contributed by atoms with van der Waals surface area (Å²) in [5.74, 6) is 0.0841. The zero-order valence-electron chi connectivity index (χ0n) is 5.78. The predicted molar refractivity (Wildman–Crippen MR) is 36.3 cm³/mol. The molecule has 1 amide bonds. The minimum absolute atomic E-state index is 0.0841. The molecule has 0 radical (unpaired) electrons. The van der Waals surface area contributed by atoms with Crippen LogP contribution in [0.1, 0.15) is 6.42 Å². The van der Waals surface area contributed by atoms with Gasteiger partial charge < -0.3 is 21.0 Å². The first-order chi connectivity index (χ1) is 5.22. The molecule has 6 nitrogen and oxygen atoms in total. The monoisotopic (exact) mass is 159 g/mol. The third kappa shape index (κ3) is 1.99. The Morgan fingerprint density at radius 2 is 2.73 bits per heavy atom. The van der Waals surface area contributed by atoms with Crippen LogP contribution in [0.4, 0.5) is 4.79 Å². The van der Waals surface area contributed by atoms with Crippen LogP contribution >= 0.6 is 0 Å². The van der Waals surface area contributed by atoms with Crippen molar-refractivity contribution in [2.75, 3.05) is 6.61 Å². The lowest BCUT2D eigenvalue weighted by atomic mass is 10.2. The molecule has 0 aromatic rings. The molecule has 0 bridgehead atoms. The second-order valence-electron chi connectivity index (χ2n) is 2.24. The highest BCUT2D eigenvalue weighted by Crippen LogP contribution is 2.01. The van der Waals surface area contributed by atoms with Crippen LogP contribution in [0, 0.1) is 0 Å². The average Bonchev–Trinajstić information content (AvgIpc) is 2.35. The van der Waals surface area contributed by atoms with Gasteiger partial charge in [0.05, 0.1) is 6.04 Å². The Balaban J connectivity index is 2.34. The van der Waals surface area contributed by atoms with Crippen molar-refractivity contribution in [2.24, 2.45) is 10.9 Å². The minimum atomic E-state index is -0.458. The quantitative estimate of drug-likeness (QED) is 0.213. The number of ether oxygens (including phenoxy) is 1. The number of cyclic esters (lactones) is 1. The Bertz CT molecular complexity index is 191. The van der Waals surface area contributed by atoms with Gasteiger partial charge in [-0.15, -0.1) is 0 Å². The molecule has 1 aliphatic rings. The zero-order chi connectivity index (χ0) is 8.27. The van der Waals surface area contributed by atoms with E-state index in [-0.39, 0.29) is 18.5 Å². The van der Waals surface area contributed by atoms with Gasteiger partial charge in [-0.25, -0.2) is 4.79 Å². The molecule has 0 spiro atoms. The molecular weight excluding hydrogens is 150 g/mol. The first kappa shape index (κ1) is 7.64. The van der Waals surface area contributed by atoms with Crippen LogP contribution in [-0.4, -0.2) is 29.8 Å². The molecule has 0 aromatic carbocycles. The van der Waals surface area contributed by atoms with E-state index < -0.39 is 6.09 Å². The fourth-order valence-electron chi connectivity index (χ4n) is 0.830. The van der Waals surface area contributed by atoms with Crippen molar-refractivity contribution in [3.8, 4) is 0 Å². The van der Waals surface area contributed by atoms with Crippen LogP contribution < -0.4 is 11.1 Å². The molecule has 6 heteroatoms. The Morgan fingerprint density at radius 1 is 2.00 bits per heavy atom. The Kier molecular flexibility index (Phi) is 2.15. The predicted octanol–water partition coefficient (Wildman–Crippen LogP) is -0.769. The SMILES string of the molecule is N/C(CC1COC(=O)N1)=N/O. The maximum absolute atomic E-state index is 10.4. The molecule has 4 N–H and O–H groups in total. The molecule has 62 valence electrons. The molecule has 1 atom stereocenters. The van der Waals surface area contributed by atoms with Gasteiger partial charge in [0, 0.05) is 6.42 Å². The van der Waals surface area contributed by atoms with E-state index in [0.717, 1.165) is 0 Å². The first-order valence-corrected chi connectivity index (χ1v) is 3.12. The summed E-state index contributed by atoms with van der Waals surface area (Å²) in [6.45, 7) is 0.273. The number of hydrogen-bond acceptors (Lipinski definition) is 4. The van der Waals surface area contributed by atoms with Crippen LogP contribution in [0.5, 0.6) is 0 Å². The van der Waals surface area contributed by atoms with Crippen molar-refractivity contribution in [3.05, 3.63) is 0 Å². The molecule has 0 aromatic heterocycles. The molecule has 1 unspecified atom stereocenters. The van der Waals surface area contributed by atoms with Gasteiger partial charge >= 0.3 is 6.09 Å². The summed E-state index contributed by atoms with van der Waals surface area (Å²) < 4.78 is 4.57. The second-order valence-corrected chi connectivity index (χ2v) is 2.24. The van der Waals surface area contributed by atoms with Crippen molar-refractivity contribution in [3.63, 3.8) is 0 Å². The van der Waals surface area contributed by atoms with E-state index in [1.807, 2.05) is 0 Å². The summed E-state index contributed by atoms with van der Waals surface area (Å²) in [5.41, 5.74) is 5.19. The first-order valence-electron chi connectivity index (χ1n) is 3.12. The minimum Gasteiger partial charge on any atom is -0.447 e. The number of rotatable bonds is 2. The maximum Gasteiger partial charge on any atom is 0.407 e. The molecule has 11 heavy (non-hydrogen) atoms. The van der Waals surface area contributed by atoms with Gasteiger partial charge in [-0.2, -0.15) is 0 Å².